The topological polar surface area (TPSA) is 110 Å². The van der Waals surface area contributed by atoms with Gasteiger partial charge in [-0.3, -0.25) is 9.59 Å². The van der Waals surface area contributed by atoms with Crippen LogP contribution in [0.4, 0.5) is 4.79 Å². The summed E-state index contributed by atoms with van der Waals surface area (Å²) in [6, 6.07) is 6.19. The maximum Gasteiger partial charge on any atom is 0.282 e. The van der Waals surface area contributed by atoms with Gasteiger partial charge in [0.25, 0.3) is 5.24 Å². The van der Waals surface area contributed by atoms with Crippen LogP contribution in [0.5, 0.6) is 0 Å². The van der Waals surface area contributed by atoms with Crippen molar-refractivity contribution in [2.45, 2.75) is 11.3 Å². The Morgan fingerprint density at radius 1 is 1.32 bits per heavy atom. The maximum atomic E-state index is 11.7. The number of hydrogen-bond acceptors (Lipinski definition) is 5. The van der Waals surface area contributed by atoms with E-state index in [0.717, 1.165) is 11.3 Å². The predicted octanol–water partition coefficient (Wildman–Crippen LogP) is 0.161. The van der Waals surface area contributed by atoms with Crippen molar-refractivity contribution >= 4 is 32.9 Å². The number of sulfonamides is 1. The van der Waals surface area contributed by atoms with E-state index in [2.05, 4.69) is 5.32 Å². The van der Waals surface area contributed by atoms with Crippen molar-refractivity contribution in [3.05, 3.63) is 29.8 Å². The maximum absolute atomic E-state index is 11.7. The Morgan fingerprint density at radius 3 is 2.55 bits per heavy atom. The second-order valence-electron chi connectivity index (χ2n) is 4.82. The van der Waals surface area contributed by atoms with Crippen molar-refractivity contribution in [3.8, 4) is 0 Å². The highest BCUT2D eigenvalue weighted by Crippen LogP contribution is 2.16. The summed E-state index contributed by atoms with van der Waals surface area (Å²) in [5.74, 6) is 0.527. The van der Waals surface area contributed by atoms with E-state index in [1.807, 2.05) is 0 Å². The molecule has 2 rings (SSSR count). The molecule has 2 amide bonds. The van der Waals surface area contributed by atoms with Crippen molar-refractivity contribution in [1.82, 2.24) is 10.2 Å². The Morgan fingerprint density at radius 2 is 2.00 bits per heavy atom. The van der Waals surface area contributed by atoms with E-state index in [9.17, 15) is 18.0 Å². The first-order valence-electron chi connectivity index (χ1n) is 6.66. The van der Waals surface area contributed by atoms with Gasteiger partial charge >= 0.3 is 0 Å². The second-order valence-corrected chi connectivity index (χ2v) is 7.43. The van der Waals surface area contributed by atoms with Gasteiger partial charge in [0.05, 0.1) is 4.90 Å². The van der Waals surface area contributed by atoms with Crippen molar-refractivity contribution in [3.63, 3.8) is 0 Å². The zero-order valence-corrected chi connectivity index (χ0v) is 13.5. The van der Waals surface area contributed by atoms with Gasteiger partial charge in [-0.2, -0.15) is 0 Å². The highest BCUT2D eigenvalue weighted by molar-refractivity contribution is 8.13. The molecule has 1 heterocycles. The highest BCUT2D eigenvalue weighted by atomic mass is 32.2. The number of nitrogens with two attached hydrogens (primary N) is 1. The molecule has 120 valence electrons. The van der Waals surface area contributed by atoms with Gasteiger partial charge in [-0.25, -0.2) is 13.6 Å². The van der Waals surface area contributed by atoms with Crippen LogP contribution in [0, 0.1) is 0 Å². The van der Waals surface area contributed by atoms with E-state index in [1.54, 1.807) is 12.1 Å². The number of nitrogens with one attached hydrogen (secondary N) is 1. The van der Waals surface area contributed by atoms with Crippen molar-refractivity contribution in [2.24, 2.45) is 5.14 Å². The first-order chi connectivity index (χ1) is 10.4. The minimum Gasteiger partial charge on any atom is -0.354 e. The molecule has 0 radical (unpaired) electrons. The van der Waals surface area contributed by atoms with E-state index in [0.29, 0.717) is 19.5 Å². The standard InChI is InChI=1S/C13H17N3O4S2/c14-22(19,20)11-3-1-10(2-4-11)5-6-15-12(17)9-16-7-8-21-13(16)18/h1-4H,5-9H2,(H,15,17)(H2,14,19,20). The fraction of sp³-hybridized carbons (Fsp3) is 0.385. The molecule has 22 heavy (non-hydrogen) atoms. The van der Waals surface area contributed by atoms with Gasteiger partial charge in [-0.15, -0.1) is 0 Å². The van der Waals surface area contributed by atoms with Crippen LogP contribution < -0.4 is 10.5 Å². The molecule has 1 saturated heterocycles. The van der Waals surface area contributed by atoms with Crippen molar-refractivity contribution < 1.29 is 18.0 Å². The van der Waals surface area contributed by atoms with Gasteiger partial charge in [0.1, 0.15) is 6.54 Å². The Balaban J connectivity index is 1.76. The third-order valence-electron chi connectivity index (χ3n) is 3.17. The number of carbonyl (C=O) groups excluding carboxylic acids is 2. The molecule has 3 N–H and O–H groups in total. The molecule has 0 aliphatic carbocycles. The Hall–Kier alpha value is -1.58. The zero-order valence-electron chi connectivity index (χ0n) is 11.8. The molecule has 1 fully saturated rings. The zero-order chi connectivity index (χ0) is 16.2. The average molecular weight is 343 g/mol. The van der Waals surface area contributed by atoms with Crippen molar-refractivity contribution in [1.29, 1.82) is 0 Å². The molecule has 7 nitrogen and oxygen atoms in total. The Kier molecular flexibility index (Phi) is 5.43. The normalized spacial score (nSPS) is 15.1. The summed E-state index contributed by atoms with van der Waals surface area (Å²) in [5.41, 5.74) is 0.889. The van der Waals surface area contributed by atoms with Crippen LogP contribution in [0.1, 0.15) is 5.56 Å². The third-order valence-corrected chi connectivity index (χ3v) is 4.99. The molecular weight excluding hydrogens is 326 g/mol. The quantitative estimate of drug-likeness (QED) is 0.765. The number of thioether (sulfide) groups is 1. The lowest BCUT2D eigenvalue weighted by Crippen LogP contribution is -2.38. The molecule has 1 aliphatic rings. The van der Waals surface area contributed by atoms with Crippen LogP contribution in [0.2, 0.25) is 0 Å². The molecular formula is C13H17N3O4S2. The molecule has 1 aromatic rings. The number of primary sulfonamides is 1. The number of hydrogen-bond donors (Lipinski definition) is 2. The van der Waals surface area contributed by atoms with E-state index in [4.69, 9.17) is 5.14 Å². The number of nitrogens with zero attached hydrogens (tertiary/aromatic N) is 1. The molecule has 1 aliphatic heterocycles. The third kappa shape index (κ3) is 4.72. The molecule has 0 atom stereocenters. The minimum absolute atomic E-state index is 0.0605. The lowest BCUT2D eigenvalue weighted by molar-refractivity contribution is -0.121. The van der Waals surface area contributed by atoms with Crippen LogP contribution >= 0.6 is 11.8 Å². The Labute approximate surface area is 133 Å². The van der Waals surface area contributed by atoms with E-state index in [1.165, 1.54) is 28.8 Å². The Bertz CT molecular complexity index is 658. The SMILES string of the molecule is NS(=O)(=O)c1ccc(CCNC(=O)CN2CCSC2=O)cc1. The predicted molar refractivity (Wildman–Crippen MR) is 84.0 cm³/mol. The average Bonchev–Trinajstić information content (AvgIpc) is 2.84. The number of carbonyl (C=O) groups is 2. The smallest absolute Gasteiger partial charge is 0.282 e. The summed E-state index contributed by atoms with van der Waals surface area (Å²) in [4.78, 5) is 24.7. The van der Waals surface area contributed by atoms with Gasteiger partial charge in [0.2, 0.25) is 15.9 Å². The van der Waals surface area contributed by atoms with Gasteiger partial charge in [-0.05, 0) is 24.1 Å². The number of amides is 2. The molecule has 1 aromatic carbocycles. The van der Waals surface area contributed by atoms with Gasteiger partial charge < -0.3 is 10.2 Å². The second kappa shape index (κ2) is 7.12. The summed E-state index contributed by atoms with van der Waals surface area (Å²) < 4.78 is 22.3. The van der Waals surface area contributed by atoms with Gasteiger partial charge in [0, 0.05) is 18.8 Å². The molecule has 0 spiro atoms. The number of benzene rings is 1. The largest absolute Gasteiger partial charge is 0.354 e. The van der Waals surface area contributed by atoms with E-state index >= 15 is 0 Å². The first-order valence-corrected chi connectivity index (χ1v) is 9.19. The molecule has 9 heteroatoms. The van der Waals surface area contributed by atoms with Crippen molar-refractivity contribution in [2.75, 3.05) is 25.4 Å². The summed E-state index contributed by atoms with van der Waals surface area (Å²) in [6.07, 6.45) is 0.569. The first kappa shape index (κ1) is 16.8. The summed E-state index contributed by atoms with van der Waals surface area (Å²) >= 11 is 1.22. The number of rotatable bonds is 6. The lowest BCUT2D eigenvalue weighted by Gasteiger charge is -2.14. The molecule has 0 aromatic heterocycles. The molecule has 0 bridgehead atoms. The lowest BCUT2D eigenvalue weighted by atomic mass is 10.1. The monoisotopic (exact) mass is 343 g/mol. The fourth-order valence-corrected chi connectivity index (χ4v) is 3.33. The summed E-state index contributed by atoms with van der Waals surface area (Å²) in [7, 11) is -3.68. The van der Waals surface area contributed by atoms with E-state index in [-0.39, 0.29) is 22.6 Å². The van der Waals surface area contributed by atoms with Crippen LogP contribution in [0.3, 0.4) is 0 Å². The van der Waals surface area contributed by atoms with Crippen LogP contribution in [0.15, 0.2) is 29.2 Å². The summed E-state index contributed by atoms with van der Waals surface area (Å²) in [5, 5.41) is 7.69. The van der Waals surface area contributed by atoms with Crippen LogP contribution in [0.25, 0.3) is 0 Å². The van der Waals surface area contributed by atoms with Crippen LogP contribution in [-0.4, -0.2) is 49.9 Å². The highest BCUT2D eigenvalue weighted by Gasteiger charge is 2.22. The molecule has 0 unspecified atom stereocenters. The fourth-order valence-electron chi connectivity index (χ4n) is 1.99. The summed E-state index contributed by atoms with van der Waals surface area (Å²) in [6.45, 7) is 1.10. The van der Waals surface area contributed by atoms with Gasteiger partial charge in [0.15, 0.2) is 0 Å². The van der Waals surface area contributed by atoms with E-state index < -0.39 is 10.0 Å². The van der Waals surface area contributed by atoms with Crippen LogP contribution in [-0.2, 0) is 21.2 Å². The minimum atomic E-state index is -3.68. The molecule has 0 saturated carbocycles. The van der Waals surface area contributed by atoms with Gasteiger partial charge in [-0.1, -0.05) is 23.9 Å².